The van der Waals surface area contributed by atoms with E-state index in [4.69, 9.17) is 9.47 Å². The average molecular weight is 443 g/mol. The molecule has 0 bridgehead atoms. The number of nitrogens with zero attached hydrogens (tertiary/aromatic N) is 1. The number of nitrogens with one attached hydrogen (secondary N) is 1. The Hall–Kier alpha value is -4.06. The summed E-state index contributed by atoms with van der Waals surface area (Å²) in [6.45, 7) is 5.96. The zero-order valence-electron chi connectivity index (χ0n) is 19.4. The topological polar surface area (TPSA) is 67.9 Å². The third-order valence-electron chi connectivity index (χ3n) is 5.92. The summed E-state index contributed by atoms with van der Waals surface area (Å²) in [5.74, 6) is 0.0270. The average Bonchev–Trinajstić information content (AvgIpc) is 3.06. The van der Waals surface area contributed by atoms with Crippen molar-refractivity contribution in [2.75, 3.05) is 24.4 Å². The Morgan fingerprint density at radius 2 is 1.55 bits per heavy atom. The van der Waals surface area contributed by atoms with Crippen molar-refractivity contribution >= 4 is 28.8 Å². The van der Waals surface area contributed by atoms with Gasteiger partial charge < -0.3 is 14.8 Å². The van der Waals surface area contributed by atoms with Crippen LogP contribution < -0.4 is 19.7 Å². The molecule has 0 saturated heterocycles. The first kappa shape index (κ1) is 22.1. The zero-order valence-corrected chi connectivity index (χ0v) is 19.4. The number of rotatable bonds is 6. The zero-order chi connectivity index (χ0) is 23.7. The number of carbonyl (C=O) groups is 2. The van der Waals surface area contributed by atoms with Crippen LogP contribution in [-0.2, 0) is 9.59 Å². The van der Waals surface area contributed by atoms with Crippen LogP contribution in [0, 0.1) is 20.8 Å². The minimum Gasteiger partial charge on any atom is -0.497 e. The fourth-order valence-electron chi connectivity index (χ4n) is 3.85. The Labute approximate surface area is 193 Å². The van der Waals surface area contributed by atoms with Gasteiger partial charge in [-0.15, -0.1) is 0 Å². The highest BCUT2D eigenvalue weighted by molar-refractivity contribution is 6.46. The van der Waals surface area contributed by atoms with Gasteiger partial charge in [-0.1, -0.05) is 42.0 Å². The van der Waals surface area contributed by atoms with Crippen molar-refractivity contribution in [1.82, 2.24) is 0 Å². The van der Waals surface area contributed by atoms with Crippen molar-refractivity contribution in [3.63, 3.8) is 0 Å². The SMILES string of the molecule is COc1ccc(OC)c(N2C(=O)C(Nc3cccc(C)c3C)=C(c3ccc(C)cc3)C2=O)c1. The Balaban J connectivity index is 1.88. The maximum Gasteiger partial charge on any atom is 0.282 e. The number of imide groups is 1. The molecule has 0 aliphatic carbocycles. The molecule has 0 fully saturated rings. The molecule has 0 spiro atoms. The number of hydrogen-bond donors (Lipinski definition) is 1. The first-order valence-corrected chi connectivity index (χ1v) is 10.6. The van der Waals surface area contributed by atoms with E-state index in [2.05, 4.69) is 5.32 Å². The standard InChI is InChI=1S/C27H26N2O4/c1-16-9-11-19(12-10-16)24-25(28-21-8-6-7-17(2)18(21)3)27(31)29(26(24)30)22-15-20(32-4)13-14-23(22)33-5/h6-15,28H,1-5H3. The van der Waals surface area contributed by atoms with E-state index in [9.17, 15) is 9.59 Å². The second-order valence-electron chi connectivity index (χ2n) is 7.97. The molecule has 0 unspecified atom stereocenters. The fraction of sp³-hybridized carbons (Fsp3) is 0.185. The largest absolute Gasteiger partial charge is 0.497 e. The lowest BCUT2D eigenvalue weighted by Crippen LogP contribution is -2.32. The van der Waals surface area contributed by atoms with Crippen molar-refractivity contribution in [1.29, 1.82) is 0 Å². The van der Waals surface area contributed by atoms with Gasteiger partial charge in [0.2, 0.25) is 0 Å². The molecule has 0 radical (unpaired) electrons. The van der Waals surface area contributed by atoms with Crippen LogP contribution in [0.4, 0.5) is 11.4 Å². The maximum atomic E-state index is 13.7. The van der Waals surface area contributed by atoms with Gasteiger partial charge in [0.15, 0.2) is 0 Å². The molecule has 6 nitrogen and oxygen atoms in total. The van der Waals surface area contributed by atoms with E-state index < -0.39 is 11.8 Å². The van der Waals surface area contributed by atoms with Crippen LogP contribution in [0.1, 0.15) is 22.3 Å². The van der Waals surface area contributed by atoms with E-state index in [0.717, 1.165) is 27.3 Å². The Morgan fingerprint density at radius 1 is 0.818 bits per heavy atom. The summed E-state index contributed by atoms with van der Waals surface area (Å²) in [7, 11) is 3.03. The smallest absolute Gasteiger partial charge is 0.282 e. The number of hydrogen-bond acceptors (Lipinski definition) is 5. The number of ether oxygens (including phenoxy) is 2. The summed E-state index contributed by atoms with van der Waals surface area (Å²) in [5, 5.41) is 3.25. The minimum atomic E-state index is -0.456. The molecule has 1 N–H and O–H groups in total. The molecule has 0 saturated carbocycles. The van der Waals surface area contributed by atoms with Crippen molar-refractivity contribution in [2.45, 2.75) is 20.8 Å². The summed E-state index contributed by atoms with van der Waals surface area (Å²) >= 11 is 0. The van der Waals surface area contributed by atoms with Gasteiger partial charge in [0, 0.05) is 11.8 Å². The fourth-order valence-corrected chi connectivity index (χ4v) is 3.85. The van der Waals surface area contributed by atoms with Crippen molar-refractivity contribution in [2.24, 2.45) is 0 Å². The Bertz CT molecular complexity index is 1280. The van der Waals surface area contributed by atoms with E-state index >= 15 is 0 Å². The summed E-state index contributed by atoms with van der Waals surface area (Å²) < 4.78 is 10.8. The van der Waals surface area contributed by atoms with Crippen LogP contribution in [0.15, 0.2) is 66.4 Å². The first-order chi connectivity index (χ1) is 15.8. The highest BCUT2D eigenvalue weighted by Crippen LogP contribution is 2.40. The molecule has 3 aromatic rings. The molecule has 2 amide bonds. The molecule has 168 valence electrons. The van der Waals surface area contributed by atoms with Crippen molar-refractivity contribution in [3.05, 3.63) is 88.6 Å². The van der Waals surface area contributed by atoms with Gasteiger partial charge in [-0.3, -0.25) is 9.59 Å². The molecule has 1 heterocycles. The van der Waals surface area contributed by atoms with E-state index in [-0.39, 0.29) is 5.70 Å². The number of aryl methyl sites for hydroxylation is 2. The monoisotopic (exact) mass is 442 g/mol. The summed E-state index contributed by atoms with van der Waals surface area (Å²) in [6.07, 6.45) is 0. The van der Waals surface area contributed by atoms with Crippen LogP contribution in [0.5, 0.6) is 11.5 Å². The molecule has 0 atom stereocenters. The first-order valence-electron chi connectivity index (χ1n) is 10.6. The van der Waals surface area contributed by atoms with Gasteiger partial charge >= 0.3 is 0 Å². The van der Waals surface area contributed by atoms with Crippen molar-refractivity contribution < 1.29 is 19.1 Å². The van der Waals surface area contributed by atoms with E-state index in [1.807, 2.05) is 63.2 Å². The predicted molar refractivity (Wildman–Crippen MR) is 130 cm³/mol. The third kappa shape index (κ3) is 3.96. The lowest BCUT2D eigenvalue weighted by Gasteiger charge is -2.19. The number of methoxy groups -OCH3 is 2. The number of benzene rings is 3. The lowest BCUT2D eigenvalue weighted by atomic mass is 10.0. The molecule has 0 aromatic heterocycles. The number of anilines is 2. The Morgan fingerprint density at radius 3 is 2.21 bits per heavy atom. The van der Waals surface area contributed by atoms with Gasteiger partial charge in [-0.25, -0.2) is 4.90 Å². The van der Waals surface area contributed by atoms with Gasteiger partial charge in [0.1, 0.15) is 17.2 Å². The molecule has 4 rings (SSSR count). The third-order valence-corrected chi connectivity index (χ3v) is 5.92. The van der Waals surface area contributed by atoms with Crippen LogP contribution in [0.3, 0.4) is 0 Å². The molecular formula is C27H26N2O4. The predicted octanol–water partition coefficient (Wildman–Crippen LogP) is 5.03. The van der Waals surface area contributed by atoms with E-state index in [1.54, 1.807) is 18.2 Å². The summed E-state index contributed by atoms with van der Waals surface area (Å²) in [6, 6.07) is 18.4. The van der Waals surface area contributed by atoms with Gasteiger partial charge in [-0.2, -0.15) is 0 Å². The van der Waals surface area contributed by atoms with Gasteiger partial charge in [0.25, 0.3) is 11.8 Å². The minimum absolute atomic E-state index is 0.224. The van der Waals surface area contributed by atoms with Crippen molar-refractivity contribution in [3.8, 4) is 11.5 Å². The normalized spacial score (nSPS) is 13.5. The second-order valence-corrected chi connectivity index (χ2v) is 7.97. The highest BCUT2D eigenvalue weighted by Gasteiger charge is 2.41. The lowest BCUT2D eigenvalue weighted by molar-refractivity contribution is -0.120. The molecule has 33 heavy (non-hydrogen) atoms. The van der Waals surface area contributed by atoms with Crippen LogP contribution in [0.25, 0.3) is 5.57 Å². The van der Waals surface area contributed by atoms with E-state index in [0.29, 0.717) is 28.3 Å². The summed E-state index contributed by atoms with van der Waals surface area (Å²) in [4.78, 5) is 28.6. The molecule has 3 aromatic carbocycles. The second kappa shape index (κ2) is 8.82. The maximum absolute atomic E-state index is 13.7. The Kier molecular flexibility index (Phi) is 5.92. The molecule has 6 heteroatoms. The van der Waals surface area contributed by atoms with Crippen LogP contribution >= 0.6 is 0 Å². The van der Waals surface area contributed by atoms with Crippen LogP contribution in [-0.4, -0.2) is 26.0 Å². The molecule has 1 aliphatic rings. The number of amides is 2. The highest BCUT2D eigenvalue weighted by atomic mass is 16.5. The quantitative estimate of drug-likeness (QED) is 0.543. The number of carbonyl (C=O) groups excluding carboxylic acids is 2. The molecule has 1 aliphatic heterocycles. The van der Waals surface area contributed by atoms with Gasteiger partial charge in [-0.05, 0) is 55.7 Å². The van der Waals surface area contributed by atoms with Crippen LogP contribution in [0.2, 0.25) is 0 Å². The summed E-state index contributed by atoms with van der Waals surface area (Å²) in [5.41, 5.74) is 5.45. The van der Waals surface area contributed by atoms with E-state index in [1.165, 1.54) is 14.2 Å². The van der Waals surface area contributed by atoms with Gasteiger partial charge in [0.05, 0.1) is 25.5 Å². The molecular weight excluding hydrogens is 416 g/mol.